The second-order valence-electron chi connectivity index (χ2n) is 8.42. The molecule has 0 fully saturated rings. The van der Waals surface area contributed by atoms with Gasteiger partial charge < -0.3 is 14.6 Å². The Kier molecular flexibility index (Phi) is 8.58. The number of carbonyl (C=O) groups excluding carboxylic acids is 1. The summed E-state index contributed by atoms with van der Waals surface area (Å²) in [4.78, 5) is 17.0. The highest BCUT2D eigenvalue weighted by Gasteiger charge is 2.10. The molecular formula is C29H30ClN3O2. The molecule has 0 saturated carbocycles. The fraction of sp³-hybridized carbons (Fsp3) is 0.241. The van der Waals surface area contributed by atoms with E-state index >= 15 is 0 Å². The van der Waals surface area contributed by atoms with Crippen LogP contribution in [0, 0.1) is 6.92 Å². The third-order valence-corrected chi connectivity index (χ3v) is 6.21. The lowest BCUT2D eigenvalue weighted by Gasteiger charge is -2.11. The van der Waals surface area contributed by atoms with Crippen LogP contribution in [-0.4, -0.2) is 28.6 Å². The normalized spacial score (nSPS) is 11.3. The van der Waals surface area contributed by atoms with Crippen molar-refractivity contribution >= 4 is 34.6 Å². The van der Waals surface area contributed by atoms with Gasteiger partial charge in [0.15, 0.2) is 0 Å². The first-order chi connectivity index (χ1) is 17.1. The van der Waals surface area contributed by atoms with Crippen molar-refractivity contribution in [1.82, 2.24) is 14.9 Å². The van der Waals surface area contributed by atoms with Crippen molar-refractivity contribution in [2.45, 2.75) is 32.7 Å². The minimum absolute atomic E-state index is 0.105. The molecule has 0 atom stereocenters. The van der Waals surface area contributed by atoms with Gasteiger partial charge in [-0.05, 0) is 67.3 Å². The topological polar surface area (TPSA) is 56.1 Å². The SMILES string of the molecule is Cc1cc(OCCCCn2c(CCNC(=O)/C=C/c3ccccc3)nc3ccccc32)ccc1Cl. The molecule has 4 aromatic rings. The number of hydrogen-bond acceptors (Lipinski definition) is 3. The molecule has 0 aliphatic carbocycles. The van der Waals surface area contributed by atoms with E-state index in [1.165, 1.54) is 0 Å². The van der Waals surface area contributed by atoms with Gasteiger partial charge in [-0.3, -0.25) is 4.79 Å². The number of nitrogens with one attached hydrogen (secondary N) is 1. The quantitative estimate of drug-likeness (QED) is 0.201. The largest absolute Gasteiger partial charge is 0.494 e. The van der Waals surface area contributed by atoms with E-state index in [1.54, 1.807) is 6.08 Å². The smallest absolute Gasteiger partial charge is 0.244 e. The van der Waals surface area contributed by atoms with Crippen LogP contribution in [0.5, 0.6) is 5.75 Å². The molecule has 4 rings (SSSR count). The van der Waals surface area contributed by atoms with E-state index in [0.717, 1.165) is 58.1 Å². The van der Waals surface area contributed by atoms with Gasteiger partial charge in [-0.1, -0.05) is 54.1 Å². The Morgan fingerprint density at radius 1 is 1.06 bits per heavy atom. The third-order valence-electron chi connectivity index (χ3n) is 5.78. The number of imidazole rings is 1. The number of rotatable bonds is 11. The number of unbranched alkanes of at least 4 members (excludes halogenated alkanes) is 1. The first kappa shape index (κ1) is 24.6. The second-order valence-corrected chi connectivity index (χ2v) is 8.83. The average Bonchev–Trinajstić information content (AvgIpc) is 3.22. The lowest BCUT2D eigenvalue weighted by atomic mass is 10.2. The molecule has 0 aliphatic rings. The van der Waals surface area contributed by atoms with E-state index in [2.05, 4.69) is 16.0 Å². The summed E-state index contributed by atoms with van der Waals surface area (Å²) in [5.74, 6) is 1.72. The Balaban J connectivity index is 1.29. The van der Waals surface area contributed by atoms with Crippen LogP contribution in [0.15, 0.2) is 78.9 Å². The highest BCUT2D eigenvalue weighted by molar-refractivity contribution is 6.31. The maximum Gasteiger partial charge on any atom is 0.244 e. The van der Waals surface area contributed by atoms with Crippen LogP contribution < -0.4 is 10.1 Å². The van der Waals surface area contributed by atoms with Gasteiger partial charge >= 0.3 is 0 Å². The zero-order valence-electron chi connectivity index (χ0n) is 19.9. The van der Waals surface area contributed by atoms with Crippen molar-refractivity contribution in [2.24, 2.45) is 0 Å². The summed E-state index contributed by atoms with van der Waals surface area (Å²) < 4.78 is 8.15. The number of aromatic nitrogens is 2. The Hall–Kier alpha value is -3.57. The molecule has 180 valence electrons. The number of nitrogens with zero attached hydrogens (tertiary/aromatic N) is 2. The minimum Gasteiger partial charge on any atom is -0.494 e. The summed E-state index contributed by atoms with van der Waals surface area (Å²) in [7, 11) is 0. The molecule has 1 aromatic heterocycles. The highest BCUT2D eigenvalue weighted by Crippen LogP contribution is 2.21. The van der Waals surface area contributed by atoms with Gasteiger partial charge in [0.1, 0.15) is 11.6 Å². The molecule has 1 heterocycles. The fourth-order valence-corrected chi connectivity index (χ4v) is 4.04. The van der Waals surface area contributed by atoms with Gasteiger partial charge in [0, 0.05) is 30.6 Å². The van der Waals surface area contributed by atoms with E-state index in [1.807, 2.05) is 79.7 Å². The maximum atomic E-state index is 12.2. The Morgan fingerprint density at radius 3 is 2.69 bits per heavy atom. The van der Waals surface area contributed by atoms with E-state index < -0.39 is 0 Å². The molecule has 0 unspecified atom stereocenters. The zero-order chi connectivity index (χ0) is 24.5. The zero-order valence-corrected chi connectivity index (χ0v) is 20.7. The van der Waals surface area contributed by atoms with Crippen LogP contribution >= 0.6 is 11.6 Å². The third kappa shape index (κ3) is 6.96. The van der Waals surface area contributed by atoms with E-state index in [4.69, 9.17) is 21.3 Å². The summed E-state index contributed by atoms with van der Waals surface area (Å²) in [5.41, 5.74) is 4.11. The van der Waals surface area contributed by atoms with Crippen LogP contribution in [0.25, 0.3) is 17.1 Å². The van der Waals surface area contributed by atoms with Gasteiger partial charge in [-0.15, -0.1) is 0 Å². The predicted octanol–water partition coefficient (Wildman–Crippen LogP) is 6.23. The van der Waals surface area contributed by atoms with Crippen molar-refractivity contribution in [3.8, 4) is 5.75 Å². The molecule has 0 radical (unpaired) electrons. The number of para-hydroxylation sites is 2. The highest BCUT2D eigenvalue weighted by atomic mass is 35.5. The van der Waals surface area contributed by atoms with E-state index in [0.29, 0.717) is 19.6 Å². The summed E-state index contributed by atoms with van der Waals surface area (Å²) in [6.07, 6.45) is 5.94. The van der Waals surface area contributed by atoms with Gasteiger partial charge in [-0.2, -0.15) is 0 Å². The van der Waals surface area contributed by atoms with E-state index in [-0.39, 0.29) is 5.91 Å². The van der Waals surface area contributed by atoms with Crippen LogP contribution in [-0.2, 0) is 17.8 Å². The van der Waals surface area contributed by atoms with Crippen molar-refractivity contribution < 1.29 is 9.53 Å². The molecule has 35 heavy (non-hydrogen) atoms. The second kappa shape index (κ2) is 12.2. The molecule has 0 bridgehead atoms. The number of fused-ring (bicyclic) bond motifs is 1. The van der Waals surface area contributed by atoms with Crippen molar-refractivity contribution in [3.05, 3.63) is 101 Å². The van der Waals surface area contributed by atoms with Crippen LogP contribution in [0.1, 0.15) is 29.8 Å². The first-order valence-electron chi connectivity index (χ1n) is 11.9. The molecule has 0 spiro atoms. The molecule has 1 amide bonds. The van der Waals surface area contributed by atoms with E-state index in [9.17, 15) is 4.79 Å². The fourth-order valence-electron chi connectivity index (χ4n) is 3.93. The minimum atomic E-state index is -0.105. The lowest BCUT2D eigenvalue weighted by molar-refractivity contribution is -0.116. The van der Waals surface area contributed by atoms with Crippen molar-refractivity contribution in [3.63, 3.8) is 0 Å². The molecular weight excluding hydrogens is 458 g/mol. The standard InChI is InChI=1S/C29H30ClN3O2/c1-22-21-24(14-15-25(22)30)35-20-8-7-19-33-27-12-6-5-11-26(27)32-28(33)17-18-31-29(34)16-13-23-9-3-2-4-10-23/h2-6,9-16,21H,7-8,17-20H2,1H3,(H,31,34)/b16-13+. The number of halogens is 1. The van der Waals surface area contributed by atoms with Crippen LogP contribution in [0.3, 0.4) is 0 Å². The summed E-state index contributed by atoms with van der Waals surface area (Å²) >= 11 is 6.09. The van der Waals surface area contributed by atoms with Gasteiger partial charge in [0.25, 0.3) is 0 Å². The molecule has 0 saturated heterocycles. The molecule has 3 aromatic carbocycles. The predicted molar refractivity (Wildman–Crippen MR) is 143 cm³/mol. The number of benzene rings is 3. The Morgan fingerprint density at radius 2 is 1.86 bits per heavy atom. The monoisotopic (exact) mass is 487 g/mol. The first-order valence-corrected chi connectivity index (χ1v) is 12.3. The number of ether oxygens (including phenoxy) is 1. The Labute approximate surface area is 211 Å². The van der Waals surface area contributed by atoms with Crippen molar-refractivity contribution in [1.29, 1.82) is 0 Å². The average molecular weight is 488 g/mol. The van der Waals surface area contributed by atoms with Gasteiger partial charge in [-0.25, -0.2) is 4.98 Å². The van der Waals surface area contributed by atoms with Gasteiger partial charge in [0.2, 0.25) is 5.91 Å². The molecule has 0 aliphatic heterocycles. The maximum absolute atomic E-state index is 12.2. The summed E-state index contributed by atoms with van der Waals surface area (Å²) in [6, 6.07) is 23.7. The number of aryl methyl sites for hydroxylation is 2. The summed E-state index contributed by atoms with van der Waals surface area (Å²) in [6.45, 7) is 4.00. The number of carbonyl (C=O) groups is 1. The van der Waals surface area contributed by atoms with Crippen molar-refractivity contribution in [2.75, 3.05) is 13.2 Å². The number of hydrogen-bond donors (Lipinski definition) is 1. The Bertz CT molecular complexity index is 1300. The number of amides is 1. The molecule has 6 heteroatoms. The molecule has 1 N–H and O–H groups in total. The summed E-state index contributed by atoms with van der Waals surface area (Å²) in [5, 5.41) is 3.72. The van der Waals surface area contributed by atoms with Crippen LogP contribution in [0.4, 0.5) is 0 Å². The van der Waals surface area contributed by atoms with Crippen LogP contribution in [0.2, 0.25) is 5.02 Å². The van der Waals surface area contributed by atoms with Gasteiger partial charge in [0.05, 0.1) is 17.6 Å². The molecule has 5 nitrogen and oxygen atoms in total. The lowest BCUT2D eigenvalue weighted by Crippen LogP contribution is -2.24.